The Bertz CT molecular complexity index is 1270. The van der Waals surface area contributed by atoms with E-state index in [1.54, 1.807) is 42.5 Å². The van der Waals surface area contributed by atoms with Crippen molar-refractivity contribution in [3.63, 3.8) is 0 Å². The third-order valence-electron chi connectivity index (χ3n) is 5.18. The molecular formula is C30H26O6. The Kier molecular flexibility index (Phi) is 8.70. The molecule has 182 valence electrons. The van der Waals surface area contributed by atoms with Crippen molar-refractivity contribution >= 4 is 11.9 Å². The molecule has 0 saturated carbocycles. The zero-order chi connectivity index (χ0) is 25.0. The van der Waals surface area contributed by atoms with Crippen molar-refractivity contribution in [2.75, 3.05) is 19.8 Å². The first-order valence-corrected chi connectivity index (χ1v) is 11.6. The van der Waals surface area contributed by atoms with Crippen molar-refractivity contribution < 1.29 is 28.5 Å². The Morgan fingerprint density at radius 3 is 1.81 bits per heavy atom. The van der Waals surface area contributed by atoms with E-state index in [0.29, 0.717) is 36.5 Å². The predicted octanol–water partition coefficient (Wildman–Crippen LogP) is 5.76. The summed E-state index contributed by atoms with van der Waals surface area (Å²) in [5.41, 5.74) is 1.72. The first-order chi connectivity index (χ1) is 17.7. The SMILES string of the molecule is O=C(OCCc1ccccc1)c1cccc(OC(=O)c2cccc(OCCOc3ccccc3)c2)c1. The highest BCUT2D eigenvalue weighted by Gasteiger charge is 2.13. The van der Waals surface area contributed by atoms with Gasteiger partial charge in [-0.3, -0.25) is 0 Å². The van der Waals surface area contributed by atoms with Crippen molar-refractivity contribution in [1.82, 2.24) is 0 Å². The van der Waals surface area contributed by atoms with E-state index in [2.05, 4.69) is 0 Å². The number of benzene rings is 4. The minimum atomic E-state index is -0.560. The van der Waals surface area contributed by atoms with Crippen molar-refractivity contribution in [2.45, 2.75) is 6.42 Å². The molecule has 0 bridgehead atoms. The van der Waals surface area contributed by atoms with Gasteiger partial charge in [0.1, 0.15) is 30.5 Å². The molecule has 36 heavy (non-hydrogen) atoms. The Morgan fingerprint density at radius 1 is 0.528 bits per heavy atom. The second-order valence-electron chi connectivity index (χ2n) is 7.83. The molecule has 0 radical (unpaired) electrons. The van der Waals surface area contributed by atoms with Crippen LogP contribution in [0.1, 0.15) is 26.3 Å². The summed E-state index contributed by atoms with van der Waals surface area (Å²) in [5, 5.41) is 0. The molecule has 6 nitrogen and oxygen atoms in total. The molecule has 0 aromatic heterocycles. The molecule has 0 spiro atoms. The Morgan fingerprint density at radius 2 is 1.08 bits per heavy atom. The molecule has 0 fully saturated rings. The van der Waals surface area contributed by atoms with Gasteiger partial charge in [0.2, 0.25) is 0 Å². The third-order valence-corrected chi connectivity index (χ3v) is 5.18. The quantitative estimate of drug-likeness (QED) is 0.154. The maximum absolute atomic E-state index is 12.7. The molecule has 4 aromatic carbocycles. The van der Waals surface area contributed by atoms with Crippen molar-refractivity contribution in [1.29, 1.82) is 0 Å². The van der Waals surface area contributed by atoms with Crippen molar-refractivity contribution in [2.24, 2.45) is 0 Å². The maximum Gasteiger partial charge on any atom is 0.343 e. The topological polar surface area (TPSA) is 71.1 Å². The van der Waals surface area contributed by atoms with E-state index >= 15 is 0 Å². The van der Waals surface area contributed by atoms with Gasteiger partial charge in [-0.1, -0.05) is 60.7 Å². The number of carbonyl (C=O) groups is 2. The standard InChI is InChI=1S/C30H26O6/c31-29(35-18-17-23-9-3-1-4-10-23)24-11-8-16-28(22-24)36-30(32)25-12-7-15-27(21-25)34-20-19-33-26-13-5-2-6-14-26/h1-16,21-22H,17-20H2. The second-order valence-corrected chi connectivity index (χ2v) is 7.83. The molecule has 0 aliphatic carbocycles. The molecule has 6 heteroatoms. The summed E-state index contributed by atoms with van der Waals surface area (Å²) in [4.78, 5) is 25.1. The van der Waals surface area contributed by atoms with E-state index in [9.17, 15) is 9.59 Å². The van der Waals surface area contributed by atoms with Crippen LogP contribution in [-0.2, 0) is 11.2 Å². The highest BCUT2D eigenvalue weighted by molar-refractivity contribution is 5.93. The van der Waals surface area contributed by atoms with Crippen LogP contribution in [0.3, 0.4) is 0 Å². The number of hydrogen-bond donors (Lipinski definition) is 0. The summed E-state index contributed by atoms with van der Waals surface area (Å²) in [6.45, 7) is 0.949. The van der Waals surface area contributed by atoms with E-state index in [0.717, 1.165) is 11.3 Å². The largest absolute Gasteiger partial charge is 0.490 e. The lowest BCUT2D eigenvalue weighted by Crippen LogP contribution is -2.12. The second kappa shape index (κ2) is 12.8. The smallest absolute Gasteiger partial charge is 0.343 e. The number of esters is 2. The molecule has 0 saturated heterocycles. The van der Waals surface area contributed by atoms with Gasteiger partial charge < -0.3 is 18.9 Å². The van der Waals surface area contributed by atoms with Gasteiger partial charge in [-0.2, -0.15) is 0 Å². The highest BCUT2D eigenvalue weighted by Crippen LogP contribution is 2.19. The van der Waals surface area contributed by atoms with Gasteiger partial charge in [0.25, 0.3) is 0 Å². The van der Waals surface area contributed by atoms with Crippen LogP contribution in [0, 0.1) is 0 Å². The van der Waals surface area contributed by atoms with E-state index in [1.807, 2.05) is 60.7 Å². The van der Waals surface area contributed by atoms with Gasteiger partial charge in [-0.25, -0.2) is 9.59 Å². The zero-order valence-corrected chi connectivity index (χ0v) is 19.7. The lowest BCUT2D eigenvalue weighted by Gasteiger charge is -2.10. The first kappa shape index (κ1) is 24.5. The average Bonchev–Trinajstić information content (AvgIpc) is 2.92. The summed E-state index contributed by atoms with van der Waals surface area (Å²) in [5.74, 6) is 0.505. The molecule has 0 amide bonds. The van der Waals surface area contributed by atoms with E-state index in [1.165, 1.54) is 6.07 Å². The van der Waals surface area contributed by atoms with Crippen LogP contribution in [0.2, 0.25) is 0 Å². The zero-order valence-electron chi connectivity index (χ0n) is 19.7. The molecular weight excluding hydrogens is 456 g/mol. The van der Waals surface area contributed by atoms with Crippen molar-refractivity contribution in [3.05, 3.63) is 126 Å². The highest BCUT2D eigenvalue weighted by atomic mass is 16.5. The molecule has 0 aliphatic heterocycles. The Balaban J connectivity index is 1.27. The number of hydrogen-bond acceptors (Lipinski definition) is 6. The van der Waals surface area contributed by atoms with Crippen LogP contribution in [-0.4, -0.2) is 31.8 Å². The lowest BCUT2D eigenvalue weighted by atomic mass is 10.2. The van der Waals surface area contributed by atoms with Gasteiger partial charge in [-0.05, 0) is 54.1 Å². The molecule has 0 N–H and O–H groups in total. The van der Waals surface area contributed by atoms with Crippen molar-refractivity contribution in [3.8, 4) is 17.2 Å². The molecule has 0 aliphatic rings. The molecule has 4 rings (SSSR count). The fourth-order valence-corrected chi connectivity index (χ4v) is 3.39. The fourth-order valence-electron chi connectivity index (χ4n) is 3.39. The number of ether oxygens (including phenoxy) is 4. The van der Waals surface area contributed by atoms with Gasteiger partial charge in [-0.15, -0.1) is 0 Å². The first-order valence-electron chi connectivity index (χ1n) is 11.6. The van der Waals surface area contributed by atoms with Crippen LogP contribution >= 0.6 is 0 Å². The van der Waals surface area contributed by atoms with E-state index in [4.69, 9.17) is 18.9 Å². The Labute approximate surface area is 210 Å². The van der Waals surface area contributed by atoms with Gasteiger partial charge >= 0.3 is 11.9 Å². The summed E-state index contributed by atoms with van der Waals surface area (Å²) >= 11 is 0. The normalized spacial score (nSPS) is 10.3. The molecule has 4 aromatic rings. The van der Waals surface area contributed by atoms with Crippen LogP contribution in [0.4, 0.5) is 0 Å². The number of rotatable bonds is 11. The van der Waals surface area contributed by atoms with Gasteiger partial charge in [0.15, 0.2) is 0 Å². The molecule has 0 atom stereocenters. The number of carbonyl (C=O) groups excluding carboxylic acids is 2. The van der Waals surface area contributed by atoms with Crippen LogP contribution in [0.25, 0.3) is 0 Å². The van der Waals surface area contributed by atoms with Gasteiger partial charge in [0.05, 0.1) is 17.7 Å². The number of para-hydroxylation sites is 1. The van der Waals surface area contributed by atoms with Crippen LogP contribution in [0.5, 0.6) is 17.2 Å². The van der Waals surface area contributed by atoms with Crippen LogP contribution < -0.4 is 14.2 Å². The summed E-state index contributed by atoms with van der Waals surface area (Å²) < 4.78 is 22.1. The predicted molar refractivity (Wildman–Crippen MR) is 136 cm³/mol. The maximum atomic E-state index is 12.7. The lowest BCUT2D eigenvalue weighted by molar-refractivity contribution is 0.0507. The van der Waals surface area contributed by atoms with Gasteiger partial charge in [0, 0.05) is 6.42 Å². The van der Waals surface area contributed by atoms with E-state index < -0.39 is 11.9 Å². The monoisotopic (exact) mass is 482 g/mol. The third kappa shape index (κ3) is 7.46. The van der Waals surface area contributed by atoms with E-state index in [-0.39, 0.29) is 12.4 Å². The minimum absolute atomic E-state index is 0.250. The fraction of sp³-hybridized carbons (Fsp3) is 0.133. The molecule has 0 heterocycles. The van der Waals surface area contributed by atoms with Crippen LogP contribution in [0.15, 0.2) is 109 Å². The summed E-state index contributed by atoms with van der Waals surface area (Å²) in [7, 11) is 0. The molecule has 0 unspecified atom stereocenters. The Hall–Kier alpha value is -4.58. The summed E-state index contributed by atoms with van der Waals surface area (Å²) in [6, 6.07) is 32.3. The average molecular weight is 483 g/mol. The summed E-state index contributed by atoms with van der Waals surface area (Å²) in [6.07, 6.45) is 0.623. The minimum Gasteiger partial charge on any atom is -0.490 e.